The van der Waals surface area contributed by atoms with Gasteiger partial charge in [-0.2, -0.15) is 5.10 Å². The standard InChI is InChI=1S/C24H25N5O3/c1-32-14-11-9-13(10-12-14)21-20-22(28-27-21)15-5-4-8-18(19(15)23(20)30)29(24(26)31)17-7-3-2-6-16(17)25/h4-5,8-12,16-17H,2-3,6-7,25H2,1H3,(H2,26,31)(H,27,28). The van der Waals surface area contributed by atoms with Gasteiger partial charge in [0.05, 0.1) is 35.7 Å². The number of methoxy groups -OCH3 is 1. The van der Waals surface area contributed by atoms with Crippen molar-refractivity contribution >= 4 is 17.5 Å². The smallest absolute Gasteiger partial charge is 0.319 e. The van der Waals surface area contributed by atoms with E-state index < -0.39 is 6.03 Å². The van der Waals surface area contributed by atoms with Crippen LogP contribution in [0.1, 0.15) is 41.6 Å². The largest absolute Gasteiger partial charge is 0.497 e. The SMILES string of the molecule is COc1ccc(-c2n[nH]c3c2C(=O)c2c-3cccc2N(C(N)=O)C2CCCCC2N)cc1. The summed E-state index contributed by atoms with van der Waals surface area (Å²) in [5.41, 5.74) is 16.4. The van der Waals surface area contributed by atoms with E-state index in [2.05, 4.69) is 10.2 Å². The summed E-state index contributed by atoms with van der Waals surface area (Å²) in [6, 6.07) is 11.8. The lowest BCUT2D eigenvalue weighted by atomic mass is 9.89. The second kappa shape index (κ2) is 7.80. The molecule has 1 aromatic heterocycles. The molecule has 2 aromatic carbocycles. The maximum Gasteiger partial charge on any atom is 0.319 e. The number of nitrogens with one attached hydrogen (secondary N) is 1. The number of aromatic nitrogens is 2. The lowest BCUT2D eigenvalue weighted by Crippen LogP contribution is -2.54. The minimum Gasteiger partial charge on any atom is -0.497 e. The first-order valence-corrected chi connectivity index (χ1v) is 10.8. The average molecular weight is 431 g/mol. The topological polar surface area (TPSA) is 127 Å². The lowest BCUT2D eigenvalue weighted by Gasteiger charge is -2.38. The number of urea groups is 1. The molecule has 2 atom stereocenters. The second-order valence-electron chi connectivity index (χ2n) is 8.30. The van der Waals surface area contributed by atoms with E-state index in [1.807, 2.05) is 36.4 Å². The van der Waals surface area contributed by atoms with Crippen molar-refractivity contribution in [1.29, 1.82) is 0 Å². The molecule has 2 amide bonds. The third kappa shape index (κ3) is 3.06. The van der Waals surface area contributed by atoms with Gasteiger partial charge in [0.1, 0.15) is 11.4 Å². The maximum atomic E-state index is 13.7. The number of nitrogens with zero attached hydrogens (tertiary/aromatic N) is 2. The fourth-order valence-corrected chi connectivity index (χ4v) is 4.95. The number of amides is 2. The number of nitrogens with two attached hydrogens (primary N) is 2. The number of fused-ring (bicyclic) bond motifs is 3. The number of ether oxygens (including phenoxy) is 1. The van der Waals surface area contributed by atoms with Crippen LogP contribution >= 0.6 is 0 Å². The van der Waals surface area contributed by atoms with Crippen LogP contribution in [-0.2, 0) is 0 Å². The van der Waals surface area contributed by atoms with Gasteiger partial charge in [0.2, 0.25) is 0 Å². The first-order valence-electron chi connectivity index (χ1n) is 10.8. The van der Waals surface area contributed by atoms with E-state index in [1.54, 1.807) is 13.2 Å². The molecule has 8 nitrogen and oxygen atoms in total. The van der Waals surface area contributed by atoms with Crippen LogP contribution in [0.15, 0.2) is 42.5 Å². The summed E-state index contributed by atoms with van der Waals surface area (Å²) >= 11 is 0. The minimum absolute atomic E-state index is 0.180. The third-order valence-corrected chi connectivity index (χ3v) is 6.51. The van der Waals surface area contributed by atoms with Gasteiger partial charge in [-0.15, -0.1) is 0 Å². The van der Waals surface area contributed by atoms with E-state index in [0.29, 0.717) is 33.8 Å². The van der Waals surface area contributed by atoms with Crippen molar-refractivity contribution in [2.24, 2.45) is 11.5 Å². The van der Waals surface area contributed by atoms with Gasteiger partial charge in [-0.1, -0.05) is 25.0 Å². The molecule has 2 unspecified atom stereocenters. The van der Waals surface area contributed by atoms with Crippen molar-refractivity contribution in [3.8, 4) is 28.3 Å². The van der Waals surface area contributed by atoms with Gasteiger partial charge in [-0.05, 0) is 43.2 Å². The number of anilines is 1. The van der Waals surface area contributed by atoms with E-state index in [0.717, 1.165) is 37.0 Å². The second-order valence-corrected chi connectivity index (χ2v) is 8.30. The van der Waals surface area contributed by atoms with Crippen LogP contribution in [0.2, 0.25) is 0 Å². The summed E-state index contributed by atoms with van der Waals surface area (Å²) < 4.78 is 5.23. The summed E-state index contributed by atoms with van der Waals surface area (Å²) in [6.07, 6.45) is 3.57. The Balaban J connectivity index is 1.60. The van der Waals surface area contributed by atoms with E-state index in [-0.39, 0.29) is 17.9 Å². The van der Waals surface area contributed by atoms with Gasteiger partial charge in [0.25, 0.3) is 0 Å². The van der Waals surface area contributed by atoms with Gasteiger partial charge in [-0.3, -0.25) is 14.8 Å². The molecule has 5 rings (SSSR count). The highest BCUT2D eigenvalue weighted by molar-refractivity contribution is 6.27. The number of aromatic amines is 1. The summed E-state index contributed by atoms with van der Waals surface area (Å²) in [7, 11) is 1.60. The molecule has 164 valence electrons. The molecular weight excluding hydrogens is 406 g/mol. The number of hydrogen-bond acceptors (Lipinski definition) is 5. The van der Waals surface area contributed by atoms with Crippen LogP contribution in [0.3, 0.4) is 0 Å². The molecule has 0 aliphatic heterocycles. The zero-order valence-corrected chi connectivity index (χ0v) is 17.8. The number of benzene rings is 2. The normalized spacial score (nSPS) is 19.4. The Morgan fingerprint density at radius 2 is 1.88 bits per heavy atom. The monoisotopic (exact) mass is 431 g/mol. The Kier molecular flexibility index (Phi) is 4.94. The van der Waals surface area contributed by atoms with Crippen molar-refractivity contribution in [3.05, 3.63) is 53.6 Å². The Morgan fingerprint density at radius 1 is 1.12 bits per heavy atom. The van der Waals surface area contributed by atoms with Crippen LogP contribution in [0.5, 0.6) is 5.75 Å². The number of rotatable bonds is 4. The maximum absolute atomic E-state index is 13.7. The average Bonchev–Trinajstić information content (AvgIpc) is 3.35. The van der Waals surface area contributed by atoms with Gasteiger partial charge >= 0.3 is 6.03 Å². The first kappa shape index (κ1) is 20.3. The number of ketones is 1. The molecule has 0 saturated heterocycles. The molecule has 8 heteroatoms. The quantitative estimate of drug-likeness (QED) is 0.456. The molecule has 0 bridgehead atoms. The van der Waals surface area contributed by atoms with Crippen LogP contribution in [0, 0.1) is 0 Å². The molecule has 2 aliphatic carbocycles. The molecule has 32 heavy (non-hydrogen) atoms. The highest BCUT2D eigenvalue weighted by atomic mass is 16.5. The van der Waals surface area contributed by atoms with Crippen LogP contribution in [-0.4, -0.2) is 41.2 Å². The number of H-pyrrole nitrogens is 1. The van der Waals surface area contributed by atoms with Crippen molar-refractivity contribution in [1.82, 2.24) is 10.2 Å². The molecule has 1 saturated carbocycles. The Hall–Kier alpha value is -3.65. The van der Waals surface area contributed by atoms with Crippen molar-refractivity contribution < 1.29 is 14.3 Å². The molecule has 0 spiro atoms. The zero-order chi connectivity index (χ0) is 22.4. The molecule has 2 aliphatic rings. The molecule has 5 N–H and O–H groups in total. The van der Waals surface area contributed by atoms with Crippen LogP contribution in [0.25, 0.3) is 22.5 Å². The summed E-state index contributed by atoms with van der Waals surface area (Å²) in [4.78, 5) is 27.8. The predicted octanol–water partition coefficient (Wildman–Crippen LogP) is 3.45. The summed E-state index contributed by atoms with van der Waals surface area (Å²) in [6.45, 7) is 0. The number of carbonyl (C=O) groups is 2. The molecule has 3 aromatic rings. The fraction of sp³-hybridized carbons (Fsp3) is 0.292. The highest BCUT2D eigenvalue weighted by Gasteiger charge is 2.39. The number of primary amides is 1. The van der Waals surface area contributed by atoms with Crippen molar-refractivity contribution in [2.45, 2.75) is 37.8 Å². The van der Waals surface area contributed by atoms with Gasteiger partial charge in [0.15, 0.2) is 5.78 Å². The predicted molar refractivity (Wildman–Crippen MR) is 122 cm³/mol. The van der Waals surface area contributed by atoms with E-state index in [1.165, 1.54) is 4.90 Å². The minimum atomic E-state index is -0.599. The van der Waals surface area contributed by atoms with E-state index in [9.17, 15) is 9.59 Å². The van der Waals surface area contributed by atoms with Gasteiger partial charge < -0.3 is 16.2 Å². The molecule has 1 fully saturated rings. The van der Waals surface area contributed by atoms with Crippen molar-refractivity contribution in [3.63, 3.8) is 0 Å². The molecule has 0 radical (unpaired) electrons. The highest BCUT2D eigenvalue weighted by Crippen LogP contribution is 2.44. The zero-order valence-electron chi connectivity index (χ0n) is 17.8. The third-order valence-electron chi connectivity index (χ3n) is 6.51. The Labute approximate surface area is 185 Å². The Bertz CT molecular complexity index is 1200. The lowest BCUT2D eigenvalue weighted by molar-refractivity contribution is 0.104. The van der Waals surface area contributed by atoms with Gasteiger partial charge in [-0.25, -0.2) is 4.79 Å². The number of hydrogen-bond donors (Lipinski definition) is 3. The van der Waals surface area contributed by atoms with Gasteiger partial charge in [0, 0.05) is 17.2 Å². The van der Waals surface area contributed by atoms with Crippen LogP contribution in [0.4, 0.5) is 10.5 Å². The summed E-state index contributed by atoms with van der Waals surface area (Å²) in [5, 5.41) is 7.43. The number of carbonyl (C=O) groups excluding carboxylic acids is 2. The summed E-state index contributed by atoms with van der Waals surface area (Å²) in [5.74, 6) is 0.541. The Morgan fingerprint density at radius 3 is 2.56 bits per heavy atom. The van der Waals surface area contributed by atoms with E-state index in [4.69, 9.17) is 16.2 Å². The van der Waals surface area contributed by atoms with Crippen molar-refractivity contribution in [2.75, 3.05) is 12.0 Å². The van der Waals surface area contributed by atoms with E-state index >= 15 is 0 Å². The first-order chi connectivity index (χ1) is 15.5. The molecule has 1 heterocycles. The van der Waals surface area contributed by atoms with Crippen LogP contribution < -0.4 is 21.1 Å². The molecular formula is C24H25N5O3. The fourth-order valence-electron chi connectivity index (χ4n) is 4.95.